The first-order valence-corrected chi connectivity index (χ1v) is 12.7. The van der Waals surface area contributed by atoms with Gasteiger partial charge in [-0.2, -0.15) is 0 Å². The van der Waals surface area contributed by atoms with Gasteiger partial charge in [-0.05, 0) is 76.0 Å². The molecule has 2 aromatic carbocycles. The van der Waals surface area contributed by atoms with Gasteiger partial charge in [0.1, 0.15) is 11.6 Å². The van der Waals surface area contributed by atoms with E-state index in [4.69, 9.17) is 9.47 Å². The van der Waals surface area contributed by atoms with Crippen molar-refractivity contribution in [2.75, 3.05) is 33.3 Å². The Kier molecular flexibility index (Phi) is 8.01. The summed E-state index contributed by atoms with van der Waals surface area (Å²) in [5, 5.41) is 2.41. The van der Waals surface area contributed by atoms with E-state index < -0.39 is 34.8 Å². The van der Waals surface area contributed by atoms with Gasteiger partial charge < -0.3 is 14.4 Å². The van der Waals surface area contributed by atoms with Gasteiger partial charge in [0.2, 0.25) is 6.41 Å². The van der Waals surface area contributed by atoms with Crippen molar-refractivity contribution in [3.05, 3.63) is 71.3 Å². The van der Waals surface area contributed by atoms with Crippen molar-refractivity contribution in [3.8, 4) is 0 Å². The quantitative estimate of drug-likeness (QED) is 0.358. The van der Waals surface area contributed by atoms with Crippen molar-refractivity contribution in [3.63, 3.8) is 0 Å². The number of piperidine rings is 1. The van der Waals surface area contributed by atoms with E-state index in [2.05, 4.69) is 4.90 Å². The lowest BCUT2D eigenvalue weighted by Crippen LogP contribution is -2.49. The summed E-state index contributed by atoms with van der Waals surface area (Å²) in [6.45, 7) is 5.51. The number of carbonyl (C=O) groups is 3. The van der Waals surface area contributed by atoms with Crippen LogP contribution in [-0.4, -0.2) is 72.3 Å². The normalized spacial score (nSPS) is 20.6. The molecule has 2 amide bonds. The Morgan fingerprint density at radius 2 is 1.82 bits per heavy atom. The molecule has 2 saturated heterocycles. The number of nitrogens with zero attached hydrogens (tertiary/aromatic N) is 3. The number of methoxy groups -OCH3 is 1. The highest BCUT2D eigenvalue weighted by Gasteiger charge is 2.51. The smallest absolute Gasteiger partial charge is 0.430 e. The Morgan fingerprint density at radius 1 is 1.13 bits per heavy atom. The second kappa shape index (κ2) is 11.1. The molecule has 2 heterocycles. The minimum absolute atomic E-state index is 0.214. The molecule has 0 aromatic heterocycles. The van der Waals surface area contributed by atoms with E-state index >= 15 is 0 Å². The number of esters is 1. The van der Waals surface area contributed by atoms with Gasteiger partial charge in [-0.3, -0.25) is 14.6 Å². The molecule has 1 atom stereocenters. The van der Waals surface area contributed by atoms with Crippen LogP contribution in [0.4, 0.5) is 13.6 Å². The van der Waals surface area contributed by atoms with E-state index in [-0.39, 0.29) is 12.5 Å². The zero-order valence-electron chi connectivity index (χ0n) is 21.9. The Labute approximate surface area is 221 Å². The minimum Gasteiger partial charge on any atom is -0.468 e. The van der Waals surface area contributed by atoms with E-state index in [1.54, 1.807) is 13.8 Å². The maximum absolute atomic E-state index is 14.0. The van der Waals surface area contributed by atoms with Crippen LogP contribution in [0.15, 0.2) is 48.5 Å². The third-order valence-corrected chi connectivity index (χ3v) is 7.57. The van der Waals surface area contributed by atoms with Crippen LogP contribution < -0.4 is 0 Å². The molecule has 2 aliphatic heterocycles. The van der Waals surface area contributed by atoms with Gasteiger partial charge in [-0.15, -0.1) is 0 Å². The molecule has 2 fully saturated rings. The van der Waals surface area contributed by atoms with Crippen molar-refractivity contribution < 1.29 is 32.6 Å². The number of carbonyl (C=O) groups excluding carboxylic acids is 3. The van der Waals surface area contributed by atoms with Crippen LogP contribution in [-0.2, 0) is 24.5 Å². The van der Waals surface area contributed by atoms with E-state index in [0.717, 1.165) is 17.7 Å². The van der Waals surface area contributed by atoms with Crippen molar-refractivity contribution in [2.45, 2.75) is 50.2 Å². The first-order valence-electron chi connectivity index (χ1n) is 12.7. The second-order valence-corrected chi connectivity index (χ2v) is 10.3. The Hall–Kier alpha value is -3.53. The highest BCUT2D eigenvalue weighted by atomic mass is 19.2. The number of ether oxygens (including phenoxy) is 2. The molecular weight excluding hydrogens is 496 g/mol. The van der Waals surface area contributed by atoms with E-state index in [1.165, 1.54) is 23.2 Å². The number of hydrazine groups is 1. The van der Waals surface area contributed by atoms with Crippen LogP contribution in [0.1, 0.15) is 50.3 Å². The molecule has 0 bridgehead atoms. The lowest BCUT2D eigenvalue weighted by molar-refractivity contribution is -0.149. The van der Waals surface area contributed by atoms with E-state index in [1.807, 2.05) is 30.3 Å². The number of hydrogen-bond acceptors (Lipinski definition) is 6. The van der Waals surface area contributed by atoms with Gasteiger partial charge in [-0.1, -0.05) is 36.4 Å². The molecular formula is C28H33F2N3O5. The summed E-state index contributed by atoms with van der Waals surface area (Å²) >= 11 is 0. The molecule has 204 valence electrons. The number of amides is 2. The van der Waals surface area contributed by atoms with Crippen LogP contribution in [0.25, 0.3) is 0 Å². The van der Waals surface area contributed by atoms with Gasteiger partial charge in [0.15, 0.2) is 11.6 Å². The monoisotopic (exact) mass is 529 g/mol. The zero-order chi connectivity index (χ0) is 27.5. The van der Waals surface area contributed by atoms with Crippen molar-refractivity contribution in [2.24, 2.45) is 0 Å². The second-order valence-electron chi connectivity index (χ2n) is 10.3. The molecule has 2 aliphatic rings. The number of cyclic esters (lactones) is 1. The zero-order valence-corrected chi connectivity index (χ0v) is 21.9. The van der Waals surface area contributed by atoms with Gasteiger partial charge in [-0.25, -0.2) is 18.6 Å². The highest BCUT2D eigenvalue weighted by molar-refractivity contribution is 5.83. The van der Waals surface area contributed by atoms with Crippen LogP contribution in [0.5, 0.6) is 0 Å². The topological polar surface area (TPSA) is 79.4 Å². The van der Waals surface area contributed by atoms with Gasteiger partial charge in [0.05, 0.1) is 12.5 Å². The van der Waals surface area contributed by atoms with Crippen molar-refractivity contribution in [1.29, 1.82) is 0 Å². The fourth-order valence-electron chi connectivity index (χ4n) is 5.59. The van der Waals surface area contributed by atoms with Gasteiger partial charge in [0, 0.05) is 6.54 Å². The van der Waals surface area contributed by atoms with Gasteiger partial charge >= 0.3 is 12.1 Å². The Bertz CT molecular complexity index is 1170. The predicted molar refractivity (Wildman–Crippen MR) is 135 cm³/mol. The Morgan fingerprint density at radius 3 is 2.42 bits per heavy atom. The average Bonchev–Trinajstić information content (AvgIpc) is 3.16. The molecule has 0 spiro atoms. The molecule has 0 radical (unpaired) electrons. The molecule has 38 heavy (non-hydrogen) atoms. The highest BCUT2D eigenvalue weighted by Crippen LogP contribution is 2.42. The summed E-state index contributed by atoms with van der Waals surface area (Å²) in [4.78, 5) is 39.8. The number of hydrogen-bond donors (Lipinski definition) is 0. The lowest BCUT2D eigenvalue weighted by atomic mass is 9.72. The van der Waals surface area contributed by atoms with Crippen molar-refractivity contribution >= 4 is 18.5 Å². The lowest BCUT2D eigenvalue weighted by Gasteiger charge is -2.40. The first-order chi connectivity index (χ1) is 18.1. The minimum atomic E-state index is -1.08. The molecule has 0 N–H and O–H groups in total. The molecule has 2 aromatic rings. The fourth-order valence-corrected chi connectivity index (χ4v) is 5.59. The van der Waals surface area contributed by atoms with Crippen LogP contribution in [0.3, 0.4) is 0 Å². The maximum atomic E-state index is 14.0. The summed E-state index contributed by atoms with van der Waals surface area (Å²) in [6.07, 6.45) is 1.56. The average molecular weight is 530 g/mol. The largest absolute Gasteiger partial charge is 0.468 e. The SMILES string of the molecule is COC(=O)C1(c2ccccc2)CCN(CCCN(C=O)N2C(=O)OC(C)(C)C2c2ccc(F)c(F)c2)CC1. The van der Waals surface area contributed by atoms with Crippen molar-refractivity contribution in [1.82, 2.24) is 14.9 Å². The fraction of sp³-hybridized carbons (Fsp3) is 0.464. The number of rotatable bonds is 9. The summed E-state index contributed by atoms with van der Waals surface area (Å²) < 4.78 is 38.2. The summed E-state index contributed by atoms with van der Waals surface area (Å²) in [7, 11) is 1.41. The third kappa shape index (κ3) is 5.22. The number of benzene rings is 2. The van der Waals surface area contributed by atoms with E-state index in [9.17, 15) is 23.2 Å². The van der Waals surface area contributed by atoms with E-state index in [0.29, 0.717) is 50.9 Å². The molecule has 0 saturated carbocycles. The van der Waals surface area contributed by atoms with Crippen LogP contribution in [0, 0.1) is 11.6 Å². The third-order valence-electron chi connectivity index (χ3n) is 7.57. The molecule has 10 heteroatoms. The maximum Gasteiger partial charge on any atom is 0.430 e. The summed E-state index contributed by atoms with van der Waals surface area (Å²) in [5.74, 6) is -2.28. The molecule has 8 nitrogen and oxygen atoms in total. The van der Waals surface area contributed by atoms with Crippen LogP contribution >= 0.6 is 0 Å². The first kappa shape index (κ1) is 27.5. The number of likely N-dealkylation sites (tertiary alicyclic amines) is 1. The molecule has 4 rings (SSSR count). The summed E-state index contributed by atoms with van der Waals surface area (Å²) in [5.41, 5.74) is -0.506. The Balaban J connectivity index is 1.41. The van der Waals surface area contributed by atoms with Gasteiger partial charge in [0.25, 0.3) is 0 Å². The molecule has 0 aliphatic carbocycles. The molecule has 1 unspecified atom stereocenters. The predicted octanol–water partition coefficient (Wildman–Crippen LogP) is 4.21. The summed E-state index contributed by atoms with van der Waals surface area (Å²) in [6, 6.07) is 12.2. The van der Waals surface area contributed by atoms with Crippen LogP contribution in [0.2, 0.25) is 0 Å². The standard InChI is InChI=1S/C28H33F2N3O5/c1-27(2)24(20-10-11-22(29)23(30)18-20)33(26(36)38-27)32(19-34)15-7-14-31-16-12-28(13-17-31,25(35)37-3)21-8-5-4-6-9-21/h4-6,8-11,18-19,24H,7,12-17H2,1-3H3. The number of halogens is 2.